The lowest BCUT2D eigenvalue weighted by Gasteiger charge is -2.06. The van der Waals surface area contributed by atoms with Gasteiger partial charge in [0.25, 0.3) is 0 Å². The fraction of sp³-hybridized carbons (Fsp3) is 0.429. The molecule has 0 bridgehead atoms. The molecule has 0 aromatic carbocycles. The number of nitrogens with zero attached hydrogens (tertiary/aromatic N) is 2. The maximum absolute atomic E-state index is 12.5. The molecule has 1 heterocycles. The van der Waals surface area contributed by atoms with Crippen molar-refractivity contribution in [1.29, 1.82) is 0 Å². The van der Waals surface area contributed by atoms with Crippen LogP contribution in [0.3, 0.4) is 0 Å². The number of hydrogen-bond donors (Lipinski definition) is 0. The Morgan fingerprint density at radius 3 is 2.09 bits per heavy atom. The Morgan fingerprint density at radius 1 is 1.27 bits per heavy atom. The summed E-state index contributed by atoms with van der Waals surface area (Å²) < 4.78 is 24.9. The number of aryl methyl sites for hydroxylation is 1. The van der Waals surface area contributed by atoms with Crippen LogP contribution in [0.2, 0.25) is 0 Å². The molecule has 0 fully saturated rings. The van der Waals surface area contributed by atoms with Gasteiger partial charge in [-0.05, 0) is 12.5 Å². The predicted octanol–water partition coefficient (Wildman–Crippen LogP) is 1.90. The molecule has 11 heavy (non-hydrogen) atoms. The number of aromatic nitrogens is 2. The lowest BCUT2D eigenvalue weighted by molar-refractivity contribution is 0.00764. The topological polar surface area (TPSA) is 25.8 Å². The molecule has 0 saturated carbocycles. The number of alkyl halides is 2. The third-order valence-corrected chi connectivity index (χ3v) is 1.17. The van der Waals surface area contributed by atoms with Crippen LogP contribution in [0.1, 0.15) is 18.3 Å². The summed E-state index contributed by atoms with van der Waals surface area (Å²) in [5.41, 5.74) is 0.776. The van der Waals surface area contributed by atoms with Gasteiger partial charge in [0, 0.05) is 19.3 Å². The molecule has 0 aliphatic rings. The van der Waals surface area contributed by atoms with E-state index in [1.165, 1.54) is 12.4 Å². The van der Waals surface area contributed by atoms with Gasteiger partial charge in [0.05, 0.1) is 0 Å². The van der Waals surface area contributed by atoms with Crippen molar-refractivity contribution >= 4 is 0 Å². The van der Waals surface area contributed by atoms with E-state index in [0.29, 0.717) is 0 Å². The summed E-state index contributed by atoms with van der Waals surface area (Å²) in [6.45, 7) is 2.52. The lowest BCUT2D eigenvalue weighted by Crippen LogP contribution is -2.11. The fourth-order valence-corrected chi connectivity index (χ4v) is 0.619. The zero-order valence-corrected chi connectivity index (χ0v) is 6.31. The van der Waals surface area contributed by atoms with Crippen LogP contribution in [0.4, 0.5) is 8.78 Å². The highest BCUT2D eigenvalue weighted by atomic mass is 19.3. The van der Waals surface area contributed by atoms with Crippen LogP contribution >= 0.6 is 0 Å². The Hall–Kier alpha value is -1.06. The van der Waals surface area contributed by atoms with Gasteiger partial charge >= 0.3 is 5.92 Å². The smallest absolute Gasteiger partial charge is 0.235 e. The second-order valence-electron chi connectivity index (χ2n) is 2.47. The standard InChI is InChI=1S/C7H8F2N2/c1-5-3-10-6(11-4-5)7(2,8)9/h3-4H,1-2H3. The Balaban J connectivity index is 2.99. The van der Waals surface area contributed by atoms with E-state index in [1.54, 1.807) is 6.92 Å². The average Bonchev–Trinajstić information content (AvgIpc) is 1.86. The average molecular weight is 158 g/mol. The van der Waals surface area contributed by atoms with E-state index in [0.717, 1.165) is 12.5 Å². The minimum atomic E-state index is -2.94. The molecule has 0 amide bonds. The third-order valence-electron chi connectivity index (χ3n) is 1.17. The van der Waals surface area contributed by atoms with Gasteiger partial charge < -0.3 is 0 Å². The van der Waals surface area contributed by atoms with E-state index < -0.39 is 11.7 Å². The molecule has 0 aliphatic carbocycles. The molecule has 0 saturated heterocycles. The Kier molecular flexibility index (Phi) is 1.85. The summed E-state index contributed by atoms with van der Waals surface area (Å²) in [5.74, 6) is -3.36. The molecular weight excluding hydrogens is 150 g/mol. The molecule has 0 atom stereocenters. The van der Waals surface area contributed by atoms with E-state index in [2.05, 4.69) is 9.97 Å². The normalized spacial score (nSPS) is 11.6. The zero-order chi connectivity index (χ0) is 8.48. The Bertz CT molecular complexity index is 238. The fourth-order valence-electron chi connectivity index (χ4n) is 0.619. The summed E-state index contributed by atoms with van der Waals surface area (Å²) in [4.78, 5) is 6.98. The molecule has 0 N–H and O–H groups in total. The third kappa shape index (κ3) is 1.93. The van der Waals surface area contributed by atoms with Crippen molar-refractivity contribution < 1.29 is 8.78 Å². The van der Waals surface area contributed by atoms with Gasteiger partial charge in [0.2, 0.25) is 0 Å². The van der Waals surface area contributed by atoms with Crippen LogP contribution in [0, 0.1) is 6.92 Å². The quantitative estimate of drug-likeness (QED) is 0.623. The van der Waals surface area contributed by atoms with Crippen molar-refractivity contribution in [3.05, 3.63) is 23.8 Å². The van der Waals surface area contributed by atoms with E-state index in [1.807, 2.05) is 0 Å². The first-order valence-electron chi connectivity index (χ1n) is 3.17. The maximum atomic E-state index is 12.5. The zero-order valence-electron chi connectivity index (χ0n) is 6.31. The molecule has 0 aliphatic heterocycles. The van der Waals surface area contributed by atoms with Crippen molar-refractivity contribution in [1.82, 2.24) is 9.97 Å². The van der Waals surface area contributed by atoms with E-state index >= 15 is 0 Å². The van der Waals surface area contributed by atoms with E-state index in [-0.39, 0.29) is 0 Å². The summed E-state index contributed by atoms with van der Waals surface area (Å²) in [6, 6.07) is 0. The first kappa shape index (κ1) is 8.04. The van der Waals surface area contributed by atoms with E-state index in [9.17, 15) is 8.78 Å². The molecule has 60 valence electrons. The van der Waals surface area contributed by atoms with Gasteiger partial charge in [-0.15, -0.1) is 0 Å². The van der Waals surface area contributed by atoms with Gasteiger partial charge in [-0.25, -0.2) is 9.97 Å². The second kappa shape index (κ2) is 2.53. The highest BCUT2D eigenvalue weighted by Gasteiger charge is 2.27. The molecule has 2 nitrogen and oxygen atoms in total. The number of hydrogen-bond acceptors (Lipinski definition) is 2. The monoisotopic (exact) mass is 158 g/mol. The van der Waals surface area contributed by atoms with Crippen LogP contribution < -0.4 is 0 Å². The summed E-state index contributed by atoms with van der Waals surface area (Å²) >= 11 is 0. The first-order chi connectivity index (χ1) is 5.00. The number of halogens is 2. The molecule has 0 radical (unpaired) electrons. The molecule has 1 aromatic heterocycles. The Morgan fingerprint density at radius 2 is 1.73 bits per heavy atom. The summed E-state index contributed by atoms with van der Waals surface area (Å²) in [6.07, 6.45) is 2.75. The molecule has 0 spiro atoms. The SMILES string of the molecule is Cc1cnc(C(C)(F)F)nc1. The van der Waals surface area contributed by atoms with Gasteiger partial charge in [-0.2, -0.15) is 8.78 Å². The van der Waals surface area contributed by atoms with Crippen molar-refractivity contribution in [3.63, 3.8) is 0 Å². The van der Waals surface area contributed by atoms with Crippen molar-refractivity contribution in [3.8, 4) is 0 Å². The summed E-state index contributed by atoms with van der Waals surface area (Å²) in [7, 11) is 0. The minimum absolute atomic E-state index is 0.428. The second-order valence-corrected chi connectivity index (χ2v) is 2.47. The highest BCUT2D eigenvalue weighted by Crippen LogP contribution is 2.22. The van der Waals surface area contributed by atoms with Gasteiger partial charge in [0.1, 0.15) is 0 Å². The largest absolute Gasteiger partial charge is 0.303 e. The van der Waals surface area contributed by atoms with Crippen molar-refractivity contribution in [2.45, 2.75) is 19.8 Å². The minimum Gasteiger partial charge on any atom is -0.235 e. The molecule has 0 unspecified atom stereocenters. The van der Waals surface area contributed by atoms with Gasteiger partial charge in [-0.1, -0.05) is 0 Å². The van der Waals surface area contributed by atoms with Gasteiger partial charge in [-0.3, -0.25) is 0 Å². The first-order valence-corrected chi connectivity index (χ1v) is 3.17. The van der Waals surface area contributed by atoms with Crippen molar-refractivity contribution in [2.75, 3.05) is 0 Å². The molecule has 1 aromatic rings. The van der Waals surface area contributed by atoms with Crippen LogP contribution in [-0.2, 0) is 5.92 Å². The van der Waals surface area contributed by atoms with Crippen molar-refractivity contribution in [2.24, 2.45) is 0 Å². The van der Waals surface area contributed by atoms with Crippen LogP contribution in [0.5, 0.6) is 0 Å². The molecule has 4 heteroatoms. The Labute approximate surface area is 63.3 Å². The maximum Gasteiger partial charge on any atom is 0.303 e. The highest BCUT2D eigenvalue weighted by molar-refractivity contribution is 5.04. The molecule has 1 rings (SSSR count). The summed E-state index contributed by atoms with van der Waals surface area (Å²) in [5, 5.41) is 0. The van der Waals surface area contributed by atoms with Gasteiger partial charge in [0.15, 0.2) is 5.82 Å². The predicted molar refractivity (Wildman–Crippen MR) is 36.3 cm³/mol. The number of rotatable bonds is 1. The molecular formula is C7H8F2N2. The van der Waals surface area contributed by atoms with E-state index in [4.69, 9.17) is 0 Å². The lowest BCUT2D eigenvalue weighted by atomic mass is 10.3. The van der Waals surface area contributed by atoms with Crippen LogP contribution in [0.15, 0.2) is 12.4 Å². The van der Waals surface area contributed by atoms with Crippen LogP contribution in [-0.4, -0.2) is 9.97 Å². The van der Waals surface area contributed by atoms with Crippen LogP contribution in [0.25, 0.3) is 0 Å².